The second-order valence-corrected chi connectivity index (χ2v) is 6.33. The van der Waals surface area contributed by atoms with Gasteiger partial charge in [-0.15, -0.1) is 0 Å². The van der Waals surface area contributed by atoms with Gasteiger partial charge in [0, 0.05) is 30.8 Å². The Hall–Kier alpha value is -2.05. The molecule has 0 aliphatic rings. The molecule has 6 heteroatoms. The fourth-order valence-corrected chi connectivity index (χ4v) is 2.69. The Labute approximate surface area is 140 Å². The molecule has 1 aromatic heterocycles. The minimum Gasteiger partial charge on any atom is -0.396 e. The van der Waals surface area contributed by atoms with Crippen LogP contribution in [-0.4, -0.2) is 21.5 Å². The minimum absolute atomic E-state index is 0.0517. The van der Waals surface area contributed by atoms with Gasteiger partial charge in [0.05, 0.1) is 5.69 Å². The second-order valence-electron chi connectivity index (χ2n) is 6.33. The Morgan fingerprint density at radius 3 is 2.58 bits per heavy atom. The normalized spacial score (nSPS) is 11.3. The van der Waals surface area contributed by atoms with Gasteiger partial charge in [-0.1, -0.05) is 26.0 Å². The zero-order valence-corrected chi connectivity index (χ0v) is 14.3. The Bertz CT molecular complexity index is 785. The number of benzene rings is 1. The smallest absolute Gasteiger partial charge is 0.271 e. The topological polar surface area (TPSA) is 81.1 Å². The molecule has 0 fully saturated rings. The van der Waals surface area contributed by atoms with E-state index in [4.69, 9.17) is 5.73 Å². The number of nitrogens with two attached hydrogens (primary N) is 1. The number of nitrogens with zero attached hydrogens (tertiary/aromatic N) is 2. The molecule has 5 nitrogen and oxygen atoms in total. The first-order valence-electron chi connectivity index (χ1n) is 8.09. The number of aromatic nitrogens is 2. The zero-order chi connectivity index (χ0) is 17.9. The van der Waals surface area contributed by atoms with E-state index in [0.29, 0.717) is 34.5 Å². The summed E-state index contributed by atoms with van der Waals surface area (Å²) in [6, 6.07) is 4.85. The van der Waals surface area contributed by atoms with Crippen LogP contribution >= 0.6 is 0 Å². The Kier molecular flexibility index (Phi) is 5.85. The fourth-order valence-electron chi connectivity index (χ4n) is 2.69. The largest absolute Gasteiger partial charge is 0.396 e. The van der Waals surface area contributed by atoms with E-state index in [1.165, 1.54) is 10.7 Å². The van der Waals surface area contributed by atoms with E-state index in [1.807, 2.05) is 13.8 Å². The lowest BCUT2D eigenvalue weighted by atomic mass is 9.98. The van der Waals surface area contributed by atoms with Crippen molar-refractivity contribution in [2.45, 2.75) is 40.3 Å². The van der Waals surface area contributed by atoms with Crippen LogP contribution in [0.2, 0.25) is 0 Å². The van der Waals surface area contributed by atoms with Gasteiger partial charge in [-0.05, 0) is 36.5 Å². The number of aryl methyl sites for hydroxylation is 1. The van der Waals surface area contributed by atoms with E-state index in [9.17, 15) is 14.3 Å². The van der Waals surface area contributed by atoms with E-state index in [-0.39, 0.29) is 36.9 Å². The number of aliphatic hydroxyl groups excluding tert-OH is 1. The molecule has 0 aliphatic heterocycles. The fraction of sp³-hybridized carbons (Fsp3) is 0.444. The van der Waals surface area contributed by atoms with Crippen molar-refractivity contribution in [2.75, 3.05) is 6.61 Å². The molecule has 3 N–H and O–H groups in total. The molecule has 2 aromatic rings. The average molecular weight is 333 g/mol. The Morgan fingerprint density at radius 1 is 1.33 bits per heavy atom. The first kappa shape index (κ1) is 18.3. The van der Waals surface area contributed by atoms with Gasteiger partial charge in [-0.3, -0.25) is 4.79 Å². The third kappa shape index (κ3) is 3.71. The molecular weight excluding hydrogens is 309 g/mol. The highest BCUT2D eigenvalue weighted by molar-refractivity contribution is 5.64. The van der Waals surface area contributed by atoms with Crippen LogP contribution in [0.5, 0.6) is 0 Å². The highest BCUT2D eigenvalue weighted by atomic mass is 19.1. The summed E-state index contributed by atoms with van der Waals surface area (Å²) in [5.74, 6) is -0.104. The second kappa shape index (κ2) is 7.68. The van der Waals surface area contributed by atoms with Crippen molar-refractivity contribution in [3.8, 4) is 11.3 Å². The zero-order valence-electron chi connectivity index (χ0n) is 14.3. The summed E-state index contributed by atoms with van der Waals surface area (Å²) >= 11 is 0. The maximum atomic E-state index is 14.0. The summed E-state index contributed by atoms with van der Waals surface area (Å²) in [7, 11) is 0. The number of rotatable bonds is 6. The molecule has 2 rings (SSSR count). The van der Waals surface area contributed by atoms with Crippen LogP contribution in [0.25, 0.3) is 11.3 Å². The van der Waals surface area contributed by atoms with Gasteiger partial charge in [0.25, 0.3) is 5.56 Å². The molecule has 24 heavy (non-hydrogen) atoms. The van der Waals surface area contributed by atoms with Crippen molar-refractivity contribution in [3.63, 3.8) is 0 Å². The molecule has 0 radical (unpaired) electrons. The van der Waals surface area contributed by atoms with Gasteiger partial charge in [-0.25, -0.2) is 9.07 Å². The molecule has 1 aromatic carbocycles. The van der Waals surface area contributed by atoms with Crippen LogP contribution in [0.15, 0.2) is 23.0 Å². The van der Waals surface area contributed by atoms with Gasteiger partial charge in [-0.2, -0.15) is 5.10 Å². The molecule has 0 bridgehead atoms. The van der Waals surface area contributed by atoms with Gasteiger partial charge in [0.2, 0.25) is 0 Å². The van der Waals surface area contributed by atoms with Crippen LogP contribution in [0.3, 0.4) is 0 Å². The van der Waals surface area contributed by atoms with Crippen molar-refractivity contribution in [3.05, 3.63) is 51.1 Å². The van der Waals surface area contributed by atoms with Crippen LogP contribution < -0.4 is 11.3 Å². The molecule has 0 saturated carbocycles. The molecule has 0 spiro atoms. The van der Waals surface area contributed by atoms with E-state index >= 15 is 0 Å². The number of hydrogen-bond donors (Lipinski definition) is 2. The van der Waals surface area contributed by atoms with Crippen molar-refractivity contribution in [1.82, 2.24) is 9.78 Å². The molecule has 0 unspecified atom stereocenters. The number of aliphatic hydroxyl groups is 1. The summed E-state index contributed by atoms with van der Waals surface area (Å²) in [6.07, 6.45) is 0.252. The third-order valence-corrected chi connectivity index (χ3v) is 3.91. The lowest BCUT2D eigenvalue weighted by Crippen LogP contribution is -2.32. The van der Waals surface area contributed by atoms with Gasteiger partial charge >= 0.3 is 0 Å². The van der Waals surface area contributed by atoms with E-state index in [0.717, 1.165) is 0 Å². The van der Waals surface area contributed by atoms with Crippen molar-refractivity contribution in [1.29, 1.82) is 0 Å². The maximum absolute atomic E-state index is 14.0. The number of hydrogen-bond acceptors (Lipinski definition) is 4. The van der Waals surface area contributed by atoms with Crippen LogP contribution in [0.4, 0.5) is 4.39 Å². The van der Waals surface area contributed by atoms with E-state index in [2.05, 4.69) is 5.10 Å². The molecule has 0 atom stereocenters. The lowest BCUT2D eigenvalue weighted by Gasteiger charge is -2.17. The molecule has 130 valence electrons. The number of halogens is 1. The van der Waals surface area contributed by atoms with Crippen LogP contribution in [0.1, 0.15) is 30.5 Å². The van der Waals surface area contributed by atoms with E-state index in [1.54, 1.807) is 19.1 Å². The predicted molar refractivity (Wildman–Crippen MR) is 92.1 cm³/mol. The quantitative estimate of drug-likeness (QED) is 0.847. The van der Waals surface area contributed by atoms with Crippen LogP contribution in [-0.2, 0) is 19.5 Å². The lowest BCUT2D eigenvalue weighted by molar-refractivity contribution is 0.299. The summed E-state index contributed by atoms with van der Waals surface area (Å²) in [5, 5.41) is 13.8. The van der Waals surface area contributed by atoms with Gasteiger partial charge < -0.3 is 10.8 Å². The highest BCUT2D eigenvalue weighted by Gasteiger charge is 2.18. The maximum Gasteiger partial charge on any atom is 0.271 e. The SMILES string of the molecule is Cc1ccc(-c2nn(CC(C)C)c(=O)c(CN)c2CCO)cc1F. The molecule has 0 aliphatic carbocycles. The predicted octanol–water partition coefficient (Wildman–Crippen LogP) is 2.01. The minimum atomic E-state index is -0.333. The van der Waals surface area contributed by atoms with E-state index < -0.39 is 0 Å². The first-order valence-corrected chi connectivity index (χ1v) is 8.09. The average Bonchev–Trinajstić information content (AvgIpc) is 2.53. The Morgan fingerprint density at radius 2 is 2.04 bits per heavy atom. The van der Waals surface area contributed by atoms with Gasteiger partial charge in [0.1, 0.15) is 5.82 Å². The molecule has 1 heterocycles. The van der Waals surface area contributed by atoms with Crippen LogP contribution in [0, 0.1) is 18.7 Å². The van der Waals surface area contributed by atoms with Gasteiger partial charge in [0.15, 0.2) is 0 Å². The summed E-state index contributed by atoms with van der Waals surface area (Å²) in [5.41, 5.74) is 8.18. The molecule has 0 saturated heterocycles. The van der Waals surface area contributed by atoms with Crippen molar-refractivity contribution in [2.24, 2.45) is 11.7 Å². The standard InChI is InChI=1S/C18H24FN3O2/c1-11(2)10-22-18(24)15(9-20)14(6-7-23)17(21-22)13-5-4-12(3)16(19)8-13/h4-5,8,11,23H,6-7,9-10,20H2,1-3H3. The van der Waals surface area contributed by atoms with Crippen molar-refractivity contribution < 1.29 is 9.50 Å². The summed E-state index contributed by atoms with van der Waals surface area (Å²) in [4.78, 5) is 12.6. The summed E-state index contributed by atoms with van der Waals surface area (Å²) in [6.45, 7) is 6.03. The monoisotopic (exact) mass is 333 g/mol. The molecule has 0 amide bonds. The summed E-state index contributed by atoms with van der Waals surface area (Å²) < 4.78 is 15.4. The molecular formula is C18H24FN3O2. The first-order chi connectivity index (χ1) is 11.4. The highest BCUT2D eigenvalue weighted by Crippen LogP contribution is 2.25. The van der Waals surface area contributed by atoms with Crippen molar-refractivity contribution >= 4 is 0 Å². The third-order valence-electron chi connectivity index (χ3n) is 3.91. The Balaban J connectivity index is 2.74.